The van der Waals surface area contributed by atoms with E-state index in [-0.39, 0.29) is 17.6 Å². The van der Waals surface area contributed by atoms with Crippen LogP contribution in [0.25, 0.3) is 0 Å². The predicted octanol–water partition coefficient (Wildman–Crippen LogP) is 1.50. The van der Waals surface area contributed by atoms with Crippen LogP contribution in [-0.2, 0) is 20.7 Å². The molecule has 4 nitrogen and oxygen atoms in total. The van der Waals surface area contributed by atoms with E-state index in [4.69, 9.17) is 4.18 Å². The van der Waals surface area contributed by atoms with Crippen molar-refractivity contribution in [1.29, 1.82) is 0 Å². The number of rotatable bonds is 5. The summed E-state index contributed by atoms with van der Waals surface area (Å²) in [4.78, 5) is 12.0. The first-order chi connectivity index (χ1) is 8.29. The van der Waals surface area contributed by atoms with E-state index in [1.54, 1.807) is 13.8 Å². The maximum absolute atomic E-state index is 12.0. The van der Waals surface area contributed by atoms with Crippen molar-refractivity contribution in [3.05, 3.63) is 35.9 Å². The minimum Gasteiger partial charge on any atom is -0.628 e. The monoisotopic (exact) mass is 288 g/mol. The molecule has 0 saturated carbocycles. The van der Waals surface area contributed by atoms with Gasteiger partial charge in [-0.3, -0.25) is 0 Å². The van der Waals surface area contributed by atoms with E-state index in [1.807, 2.05) is 30.3 Å². The average molecular weight is 288 g/mol. The van der Waals surface area contributed by atoms with E-state index in [9.17, 15) is 13.3 Å². The van der Waals surface area contributed by atoms with E-state index in [0.29, 0.717) is 0 Å². The lowest BCUT2D eigenvalue weighted by Gasteiger charge is -2.09. The van der Waals surface area contributed by atoms with Crippen molar-refractivity contribution in [2.45, 2.75) is 25.9 Å². The molecule has 0 saturated heterocycles. The van der Waals surface area contributed by atoms with Gasteiger partial charge in [0.15, 0.2) is 0 Å². The Hall–Kier alpha value is -0.740. The molecule has 1 rings (SSSR count). The highest BCUT2D eigenvalue weighted by Crippen LogP contribution is 2.24. The fourth-order valence-electron chi connectivity index (χ4n) is 1.38. The normalized spacial score (nSPS) is 13.6. The molecule has 1 atom stereocenters. The molecule has 0 fully saturated rings. The highest BCUT2D eigenvalue weighted by molar-refractivity contribution is 7.86. The molecule has 0 radical (unpaired) electrons. The molecule has 0 aromatic heterocycles. The molecule has 0 heterocycles. The van der Waals surface area contributed by atoms with Gasteiger partial charge in [0.25, 0.3) is 10.1 Å². The third-order valence-corrected chi connectivity index (χ3v) is 4.47. The summed E-state index contributed by atoms with van der Waals surface area (Å²) in [6.07, 6.45) is 1.21. The summed E-state index contributed by atoms with van der Waals surface area (Å²) in [6.45, 7) is 3.55. The van der Waals surface area contributed by atoms with Gasteiger partial charge in [-0.25, -0.2) is 0 Å². The third kappa shape index (κ3) is 5.27. The van der Waals surface area contributed by atoms with E-state index in [2.05, 4.69) is 0 Å². The van der Waals surface area contributed by atoms with Gasteiger partial charge in [-0.15, -0.1) is 0 Å². The molecule has 0 aliphatic rings. The van der Waals surface area contributed by atoms with Crippen molar-refractivity contribution in [1.82, 2.24) is 0 Å². The highest BCUT2D eigenvalue weighted by Gasteiger charge is 2.20. The first-order valence-corrected chi connectivity index (χ1v) is 8.69. The predicted molar refractivity (Wildman–Crippen MR) is 73.1 cm³/mol. The Labute approximate surface area is 109 Å². The molecule has 0 bridgehead atoms. The molecule has 0 spiro atoms. The van der Waals surface area contributed by atoms with E-state index in [1.165, 1.54) is 0 Å². The summed E-state index contributed by atoms with van der Waals surface area (Å²) in [6, 6.07) is 9.24. The zero-order chi connectivity index (χ0) is 13.8. The van der Waals surface area contributed by atoms with Gasteiger partial charge in [0.1, 0.15) is 5.66 Å². The van der Waals surface area contributed by atoms with Crippen molar-refractivity contribution in [3.8, 4) is 0 Å². The molecule has 1 unspecified atom stereocenters. The summed E-state index contributed by atoms with van der Waals surface area (Å²) in [5.74, 6) is 0. The standard InChI is InChI=1S/C12H17O4PS/c1-10(2)17(13)12(16-18(3,14)15)9-11-7-5-4-6-8-11/h4-8,10H,9H2,1-3H3. The molecule has 0 amide bonds. The summed E-state index contributed by atoms with van der Waals surface area (Å²) < 4.78 is 27.2. The van der Waals surface area contributed by atoms with E-state index in [0.717, 1.165) is 11.8 Å². The van der Waals surface area contributed by atoms with Crippen molar-refractivity contribution in [2.75, 3.05) is 6.26 Å². The average Bonchev–Trinajstić information content (AvgIpc) is 2.26. The largest absolute Gasteiger partial charge is 0.628 e. The van der Waals surface area contributed by atoms with Crippen molar-refractivity contribution in [2.24, 2.45) is 0 Å². The second-order valence-electron chi connectivity index (χ2n) is 4.26. The third-order valence-electron chi connectivity index (χ3n) is 2.16. The quantitative estimate of drug-likeness (QED) is 0.608. The molecule has 1 aromatic carbocycles. The van der Waals surface area contributed by atoms with E-state index < -0.39 is 17.9 Å². The highest BCUT2D eigenvalue weighted by atomic mass is 32.2. The van der Waals surface area contributed by atoms with Crippen LogP contribution >= 0.6 is 7.77 Å². The minimum atomic E-state index is -3.64. The Morgan fingerprint density at radius 3 is 2.33 bits per heavy atom. The summed E-state index contributed by atoms with van der Waals surface area (Å²) in [5, 5.41) is 0. The van der Waals surface area contributed by atoms with Crippen LogP contribution in [-0.4, -0.2) is 25.8 Å². The number of hydrogen-bond acceptors (Lipinski definition) is 4. The Bertz CT molecular complexity index is 520. The topological polar surface area (TPSA) is 66.4 Å². The molecular formula is C12H17O4PS. The van der Waals surface area contributed by atoms with Crippen LogP contribution in [0.3, 0.4) is 0 Å². The fourth-order valence-corrected chi connectivity index (χ4v) is 3.40. The van der Waals surface area contributed by atoms with Gasteiger partial charge in [0, 0.05) is 0 Å². The van der Waals surface area contributed by atoms with Crippen LogP contribution in [0, 0.1) is 0 Å². The van der Waals surface area contributed by atoms with Crippen LogP contribution in [0.5, 0.6) is 0 Å². The molecule has 1 aromatic rings. The molecule has 6 heteroatoms. The zero-order valence-corrected chi connectivity index (χ0v) is 12.4. The van der Waals surface area contributed by atoms with Gasteiger partial charge < -0.3 is 4.89 Å². The lowest BCUT2D eigenvalue weighted by atomic mass is 10.2. The maximum atomic E-state index is 12.0. The Morgan fingerprint density at radius 2 is 1.89 bits per heavy atom. The lowest BCUT2D eigenvalue weighted by Crippen LogP contribution is -2.18. The minimum absolute atomic E-state index is 0.119. The Kier molecular flexibility index (Phi) is 5.47. The van der Waals surface area contributed by atoms with Crippen molar-refractivity contribution in [3.63, 3.8) is 0 Å². The molecule has 0 N–H and O–H groups in total. The number of hydrogen-bond donors (Lipinski definition) is 0. The summed E-state index contributed by atoms with van der Waals surface area (Å²) >= 11 is 0. The summed E-state index contributed by atoms with van der Waals surface area (Å²) in [5.41, 5.74) is 0.842. The SMILES string of the molecule is CC(C)[P+]([O-])=C(Cc1ccccc1)OS(C)(=O)=O. The first kappa shape index (κ1) is 15.3. The van der Waals surface area contributed by atoms with Crippen LogP contribution in [0.2, 0.25) is 0 Å². The van der Waals surface area contributed by atoms with Crippen LogP contribution in [0.15, 0.2) is 30.3 Å². The molecular weight excluding hydrogens is 271 g/mol. The number of benzene rings is 1. The van der Waals surface area contributed by atoms with Gasteiger partial charge in [-0.05, 0) is 19.4 Å². The van der Waals surface area contributed by atoms with Crippen molar-refractivity contribution >= 4 is 23.4 Å². The van der Waals surface area contributed by atoms with Gasteiger partial charge in [0.05, 0.1) is 20.4 Å². The van der Waals surface area contributed by atoms with Crippen LogP contribution in [0.4, 0.5) is 0 Å². The molecule has 0 aliphatic carbocycles. The fraction of sp³-hybridized carbons (Fsp3) is 0.417. The maximum Gasteiger partial charge on any atom is 0.272 e. The molecule has 100 valence electrons. The van der Waals surface area contributed by atoms with Crippen LogP contribution in [0.1, 0.15) is 19.4 Å². The molecule has 0 aliphatic heterocycles. The summed E-state index contributed by atoms with van der Waals surface area (Å²) in [7, 11) is -5.47. The van der Waals surface area contributed by atoms with Gasteiger partial charge in [0.2, 0.25) is 5.48 Å². The van der Waals surface area contributed by atoms with Crippen molar-refractivity contribution < 1.29 is 17.5 Å². The zero-order valence-electron chi connectivity index (χ0n) is 10.7. The van der Waals surface area contributed by atoms with Crippen LogP contribution < -0.4 is 4.89 Å². The second kappa shape index (κ2) is 6.43. The first-order valence-electron chi connectivity index (χ1n) is 5.55. The van der Waals surface area contributed by atoms with Gasteiger partial charge >= 0.3 is 0 Å². The van der Waals surface area contributed by atoms with Gasteiger partial charge in [-0.1, -0.05) is 30.3 Å². The van der Waals surface area contributed by atoms with E-state index >= 15 is 0 Å². The Morgan fingerprint density at radius 1 is 1.33 bits per heavy atom. The molecule has 18 heavy (non-hydrogen) atoms. The second-order valence-corrected chi connectivity index (χ2v) is 8.02. The Balaban J connectivity index is 3.03. The smallest absolute Gasteiger partial charge is 0.272 e. The van der Waals surface area contributed by atoms with Gasteiger partial charge in [-0.2, -0.15) is 12.6 Å². The lowest BCUT2D eigenvalue weighted by molar-refractivity contribution is -0.154.